The van der Waals surface area contributed by atoms with E-state index < -0.39 is 0 Å². The lowest BCUT2D eigenvalue weighted by Crippen LogP contribution is -2.03. The zero-order valence-electron chi connectivity index (χ0n) is 22.7. The second-order valence-corrected chi connectivity index (χ2v) is 10.3. The number of imidazole rings is 3. The largest absolute Gasteiger partial charge is 0.298 e. The highest BCUT2D eigenvalue weighted by molar-refractivity contribution is 5.85. The van der Waals surface area contributed by atoms with Crippen molar-refractivity contribution in [3.8, 4) is 28.2 Å². The number of rotatable bonds is 4. The molecule has 0 saturated heterocycles. The van der Waals surface area contributed by atoms with Crippen LogP contribution < -0.4 is 0 Å². The number of fused-ring (bicyclic) bond motifs is 3. The van der Waals surface area contributed by atoms with Gasteiger partial charge in [0.25, 0.3) is 0 Å². The molecule has 196 valence electrons. The Bertz CT molecular complexity index is 2150. The Morgan fingerprint density at radius 3 is 1.66 bits per heavy atom. The van der Waals surface area contributed by atoms with Crippen molar-refractivity contribution in [3.05, 3.63) is 133 Å². The summed E-state index contributed by atoms with van der Waals surface area (Å²) in [6.45, 7) is 4.13. The zero-order valence-corrected chi connectivity index (χ0v) is 22.7. The van der Waals surface area contributed by atoms with Crippen LogP contribution in [0, 0.1) is 13.8 Å². The van der Waals surface area contributed by atoms with Crippen LogP contribution >= 0.6 is 0 Å². The average Bonchev–Trinajstić information content (AvgIpc) is 3.68. The summed E-state index contributed by atoms with van der Waals surface area (Å²) in [4.78, 5) is 14.4. The van der Waals surface area contributed by atoms with E-state index in [1.807, 2.05) is 30.6 Å². The molecule has 0 amide bonds. The molecule has 0 saturated carbocycles. The highest BCUT2D eigenvalue weighted by atomic mass is 15.1. The van der Waals surface area contributed by atoms with Crippen LogP contribution in [0.3, 0.4) is 0 Å². The zero-order chi connectivity index (χ0) is 27.5. The average molecular weight is 531 g/mol. The third-order valence-corrected chi connectivity index (χ3v) is 7.80. The topological polar surface area (TPSA) is 53.5 Å². The van der Waals surface area contributed by atoms with Gasteiger partial charge in [0.1, 0.15) is 18.0 Å². The summed E-state index contributed by atoms with van der Waals surface area (Å²) in [5.74, 6) is 1.88. The molecule has 0 aliphatic rings. The first kappa shape index (κ1) is 23.4. The van der Waals surface area contributed by atoms with Crippen molar-refractivity contribution in [2.45, 2.75) is 13.8 Å². The molecule has 0 aliphatic carbocycles. The number of benzene rings is 5. The van der Waals surface area contributed by atoms with Crippen molar-refractivity contribution in [2.24, 2.45) is 0 Å². The Kier molecular flexibility index (Phi) is 5.15. The standard InChI is InChI=1S/C35H26N6/c1-23-37-30-13-5-9-17-34(30)40(23)26-19-25(20-27(21-26)41-24(2)38-31-14-6-10-18-35(31)41)28-11-3-7-15-32(28)39-22-36-29-12-4-8-16-33(29)39/h3-22H,1-2H3. The van der Waals surface area contributed by atoms with Gasteiger partial charge in [0.2, 0.25) is 0 Å². The maximum absolute atomic E-state index is 4.88. The Morgan fingerprint density at radius 2 is 1.02 bits per heavy atom. The number of para-hydroxylation sites is 7. The third kappa shape index (κ3) is 3.68. The van der Waals surface area contributed by atoms with E-state index in [0.29, 0.717) is 0 Å². The maximum Gasteiger partial charge on any atom is 0.111 e. The van der Waals surface area contributed by atoms with Crippen molar-refractivity contribution < 1.29 is 0 Å². The molecule has 0 atom stereocenters. The lowest BCUT2D eigenvalue weighted by molar-refractivity contribution is 0.975. The van der Waals surface area contributed by atoms with Gasteiger partial charge in [-0.3, -0.25) is 13.7 Å². The molecule has 8 rings (SSSR count). The Balaban J connectivity index is 1.43. The predicted molar refractivity (Wildman–Crippen MR) is 165 cm³/mol. The first-order chi connectivity index (χ1) is 20.2. The number of hydrogen-bond acceptors (Lipinski definition) is 3. The summed E-state index contributed by atoms with van der Waals surface area (Å²) in [6, 6.07) is 40.1. The normalized spacial score (nSPS) is 11.7. The van der Waals surface area contributed by atoms with Crippen LogP contribution in [0.5, 0.6) is 0 Å². The highest BCUT2D eigenvalue weighted by Crippen LogP contribution is 2.35. The molecule has 0 spiro atoms. The summed E-state index contributed by atoms with van der Waals surface area (Å²) < 4.78 is 6.66. The Hall–Kier alpha value is -5.49. The second-order valence-electron chi connectivity index (χ2n) is 10.3. The van der Waals surface area contributed by atoms with Gasteiger partial charge in [-0.1, -0.05) is 54.6 Å². The maximum atomic E-state index is 4.88. The lowest BCUT2D eigenvalue weighted by Gasteiger charge is -2.17. The molecule has 0 unspecified atom stereocenters. The van der Waals surface area contributed by atoms with Crippen molar-refractivity contribution >= 4 is 33.1 Å². The minimum Gasteiger partial charge on any atom is -0.298 e. The quantitative estimate of drug-likeness (QED) is 0.232. The van der Waals surface area contributed by atoms with Crippen molar-refractivity contribution in [3.63, 3.8) is 0 Å². The first-order valence-electron chi connectivity index (χ1n) is 13.7. The molecule has 6 heteroatoms. The van der Waals surface area contributed by atoms with Crippen molar-refractivity contribution in [2.75, 3.05) is 0 Å². The van der Waals surface area contributed by atoms with E-state index in [2.05, 4.69) is 124 Å². The first-order valence-corrected chi connectivity index (χ1v) is 13.7. The molecule has 5 aromatic carbocycles. The van der Waals surface area contributed by atoms with E-state index >= 15 is 0 Å². The Labute approximate surface area is 236 Å². The molecule has 3 aromatic heterocycles. The van der Waals surface area contributed by atoms with Gasteiger partial charge < -0.3 is 0 Å². The van der Waals surface area contributed by atoms with Crippen LogP contribution in [0.4, 0.5) is 0 Å². The van der Waals surface area contributed by atoms with Gasteiger partial charge in [0.15, 0.2) is 0 Å². The van der Waals surface area contributed by atoms with Gasteiger partial charge >= 0.3 is 0 Å². The molecule has 0 aliphatic heterocycles. The molecule has 8 aromatic rings. The molecule has 41 heavy (non-hydrogen) atoms. The lowest BCUT2D eigenvalue weighted by atomic mass is 10.0. The van der Waals surface area contributed by atoms with Crippen LogP contribution in [0.2, 0.25) is 0 Å². The molecule has 6 nitrogen and oxygen atoms in total. The van der Waals surface area contributed by atoms with Gasteiger partial charge in [-0.25, -0.2) is 15.0 Å². The van der Waals surface area contributed by atoms with Crippen LogP contribution in [0.1, 0.15) is 11.6 Å². The number of hydrogen-bond donors (Lipinski definition) is 0. The van der Waals surface area contributed by atoms with Crippen molar-refractivity contribution in [1.29, 1.82) is 0 Å². The SMILES string of the molecule is Cc1nc2ccccc2n1-c1cc(-c2ccccc2-n2cnc3ccccc32)cc(-n2c(C)nc3ccccc32)c1. The molecular weight excluding hydrogens is 504 g/mol. The van der Waals surface area contributed by atoms with E-state index in [1.54, 1.807) is 0 Å². The molecule has 0 radical (unpaired) electrons. The van der Waals surface area contributed by atoms with Crippen LogP contribution in [-0.4, -0.2) is 28.7 Å². The van der Waals surface area contributed by atoms with Crippen LogP contribution in [0.25, 0.3) is 61.3 Å². The number of aryl methyl sites for hydroxylation is 2. The van der Waals surface area contributed by atoms with Gasteiger partial charge in [-0.15, -0.1) is 0 Å². The third-order valence-electron chi connectivity index (χ3n) is 7.80. The predicted octanol–water partition coefficient (Wildman–Crippen LogP) is 7.99. The van der Waals surface area contributed by atoms with E-state index in [4.69, 9.17) is 9.97 Å². The van der Waals surface area contributed by atoms with Crippen molar-refractivity contribution in [1.82, 2.24) is 28.7 Å². The van der Waals surface area contributed by atoms with E-state index in [1.165, 1.54) is 0 Å². The fourth-order valence-corrected chi connectivity index (χ4v) is 6.03. The molecular formula is C35H26N6. The number of aromatic nitrogens is 6. The summed E-state index contributed by atoms with van der Waals surface area (Å²) in [5, 5.41) is 0. The fraction of sp³-hybridized carbons (Fsp3) is 0.0571. The summed E-state index contributed by atoms with van der Waals surface area (Å²) >= 11 is 0. The molecule has 0 fully saturated rings. The number of nitrogens with zero attached hydrogens (tertiary/aromatic N) is 6. The fourth-order valence-electron chi connectivity index (χ4n) is 6.03. The van der Waals surface area contributed by atoms with Gasteiger partial charge in [0.05, 0.1) is 50.2 Å². The summed E-state index contributed by atoms with van der Waals surface area (Å²) in [6.07, 6.45) is 1.91. The van der Waals surface area contributed by atoms with Crippen LogP contribution in [0.15, 0.2) is 122 Å². The van der Waals surface area contributed by atoms with Gasteiger partial charge in [-0.05, 0) is 80.1 Å². The van der Waals surface area contributed by atoms with E-state index in [-0.39, 0.29) is 0 Å². The summed E-state index contributed by atoms with van der Waals surface area (Å²) in [5.41, 5.74) is 11.5. The van der Waals surface area contributed by atoms with E-state index in [0.717, 1.165) is 72.9 Å². The summed E-state index contributed by atoms with van der Waals surface area (Å²) in [7, 11) is 0. The molecule has 3 heterocycles. The minimum absolute atomic E-state index is 0.940. The van der Waals surface area contributed by atoms with Gasteiger partial charge in [0, 0.05) is 5.56 Å². The monoisotopic (exact) mass is 530 g/mol. The minimum atomic E-state index is 0.940. The second kappa shape index (κ2) is 9.03. The molecule has 0 bridgehead atoms. The smallest absolute Gasteiger partial charge is 0.111 e. The highest BCUT2D eigenvalue weighted by Gasteiger charge is 2.17. The van der Waals surface area contributed by atoms with Gasteiger partial charge in [-0.2, -0.15) is 0 Å². The molecule has 0 N–H and O–H groups in total. The van der Waals surface area contributed by atoms with E-state index in [9.17, 15) is 0 Å². The Morgan fingerprint density at radius 1 is 0.512 bits per heavy atom. The van der Waals surface area contributed by atoms with Crippen LogP contribution in [-0.2, 0) is 0 Å².